The summed E-state index contributed by atoms with van der Waals surface area (Å²) in [5.74, 6) is 0.280. The van der Waals surface area contributed by atoms with Crippen molar-refractivity contribution in [3.05, 3.63) is 77.0 Å². The minimum Gasteiger partial charge on any atom is -0.439 e. The molecule has 3 nitrogen and oxygen atoms in total. The van der Waals surface area contributed by atoms with Gasteiger partial charge in [-0.25, -0.2) is 13.8 Å². The molecule has 0 bridgehead atoms. The van der Waals surface area contributed by atoms with Gasteiger partial charge in [-0.05, 0) is 42.2 Å². The molecule has 0 fully saturated rings. The number of benzene rings is 2. The number of aromatic nitrogens is 2. The van der Waals surface area contributed by atoms with Crippen LogP contribution in [0.2, 0.25) is 0 Å². The number of nitrogens with zero attached hydrogens (tertiary/aromatic N) is 2. The Morgan fingerprint density at radius 3 is 2.52 bits per heavy atom. The van der Waals surface area contributed by atoms with Crippen molar-refractivity contribution >= 4 is 11.8 Å². The highest BCUT2D eigenvalue weighted by Crippen LogP contribution is 2.31. The van der Waals surface area contributed by atoms with Crippen molar-refractivity contribution in [1.29, 1.82) is 0 Å². The van der Waals surface area contributed by atoms with Crippen molar-refractivity contribution in [3.63, 3.8) is 0 Å². The molecule has 27 heavy (non-hydrogen) atoms. The second kappa shape index (κ2) is 8.48. The lowest BCUT2D eigenvalue weighted by molar-refractivity contribution is 0.446. The van der Waals surface area contributed by atoms with Gasteiger partial charge in [0.25, 0.3) is 0 Å². The van der Waals surface area contributed by atoms with Gasteiger partial charge in [-0.1, -0.05) is 49.9 Å². The van der Waals surface area contributed by atoms with Crippen molar-refractivity contribution in [1.82, 2.24) is 9.97 Å². The maximum atomic E-state index is 13.3. The fraction of sp³-hybridized carbons (Fsp3) is 0.238. The molecule has 0 aliphatic rings. The van der Waals surface area contributed by atoms with Gasteiger partial charge in [0.05, 0.1) is 0 Å². The second-order valence-corrected chi connectivity index (χ2v) is 7.40. The first kappa shape index (κ1) is 19.3. The molecule has 0 aliphatic carbocycles. The van der Waals surface area contributed by atoms with E-state index >= 15 is 0 Å². The number of aryl methyl sites for hydroxylation is 1. The Labute approximate surface area is 161 Å². The van der Waals surface area contributed by atoms with E-state index in [-0.39, 0.29) is 0 Å². The summed E-state index contributed by atoms with van der Waals surface area (Å²) in [6.07, 6.45) is 0. The number of para-hydroxylation sites is 1. The van der Waals surface area contributed by atoms with Crippen LogP contribution < -0.4 is 4.74 Å². The normalized spacial score (nSPS) is 11.0. The fourth-order valence-electron chi connectivity index (χ4n) is 2.57. The van der Waals surface area contributed by atoms with Crippen LogP contribution >= 0.6 is 11.8 Å². The summed E-state index contributed by atoms with van der Waals surface area (Å²) in [6, 6.07) is 13.5. The second-order valence-electron chi connectivity index (χ2n) is 6.46. The molecule has 2 aromatic carbocycles. The molecule has 6 heteroatoms. The van der Waals surface area contributed by atoms with E-state index in [1.54, 1.807) is 12.1 Å². The van der Waals surface area contributed by atoms with Gasteiger partial charge in [-0.2, -0.15) is 4.98 Å². The first-order valence-corrected chi connectivity index (χ1v) is 9.60. The summed E-state index contributed by atoms with van der Waals surface area (Å²) in [5.41, 5.74) is 2.54. The van der Waals surface area contributed by atoms with Crippen molar-refractivity contribution in [2.45, 2.75) is 37.6 Å². The average Bonchev–Trinajstić information content (AvgIpc) is 2.62. The van der Waals surface area contributed by atoms with Crippen LogP contribution in [0.25, 0.3) is 0 Å². The van der Waals surface area contributed by atoms with Gasteiger partial charge in [0.15, 0.2) is 16.8 Å². The number of rotatable bonds is 6. The summed E-state index contributed by atoms with van der Waals surface area (Å²) in [6.45, 7) is 6.08. The summed E-state index contributed by atoms with van der Waals surface area (Å²) in [4.78, 5) is 8.84. The molecule has 0 unspecified atom stereocenters. The van der Waals surface area contributed by atoms with Crippen LogP contribution in [0.5, 0.6) is 11.6 Å². The molecule has 0 N–H and O–H groups in total. The Hall–Kier alpha value is -2.47. The van der Waals surface area contributed by atoms with Gasteiger partial charge in [0.2, 0.25) is 5.88 Å². The van der Waals surface area contributed by atoms with Crippen LogP contribution in [-0.4, -0.2) is 9.97 Å². The Kier molecular flexibility index (Phi) is 6.06. The topological polar surface area (TPSA) is 35.0 Å². The molecule has 1 aromatic heterocycles. The Balaban J connectivity index is 1.77. The number of halogens is 2. The first-order valence-electron chi connectivity index (χ1n) is 8.61. The quantitative estimate of drug-likeness (QED) is 0.369. The van der Waals surface area contributed by atoms with Crippen LogP contribution in [0, 0.1) is 18.6 Å². The molecule has 0 saturated carbocycles. The summed E-state index contributed by atoms with van der Waals surface area (Å²) >= 11 is 1.35. The summed E-state index contributed by atoms with van der Waals surface area (Å²) in [7, 11) is 0. The van der Waals surface area contributed by atoms with Crippen LogP contribution in [0.15, 0.2) is 53.7 Å². The van der Waals surface area contributed by atoms with Crippen molar-refractivity contribution in [2.24, 2.45) is 0 Å². The lowest BCUT2D eigenvalue weighted by Crippen LogP contribution is -1.98. The Morgan fingerprint density at radius 1 is 1.00 bits per heavy atom. The molecule has 140 valence electrons. The zero-order valence-corrected chi connectivity index (χ0v) is 16.2. The van der Waals surface area contributed by atoms with Gasteiger partial charge in [0, 0.05) is 17.5 Å². The largest absolute Gasteiger partial charge is 0.439 e. The van der Waals surface area contributed by atoms with Crippen LogP contribution in [0.4, 0.5) is 8.78 Å². The average molecular weight is 386 g/mol. The van der Waals surface area contributed by atoms with Gasteiger partial charge in [-0.3, -0.25) is 0 Å². The maximum Gasteiger partial charge on any atom is 0.223 e. The minimum absolute atomic E-state index is 0.325. The number of hydrogen-bond acceptors (Lipinski definition) is 4. The lowest BCUT2D eigenvalue weighted by Gasteiger charge is -2.13. The van der Waals surface area contributed by atoms with Gasteiger partial charge in [-0.15, -0.1) is 0 Å². The van der Waals surface area contributed by atoms with Crippen LogP contribution in [0.1, 0.15) is 36.6 Å². The number of hydrogen-bond donors (Lipinski definition) is 0. The van der Waals surface area contributed by atoms with E-state index in [4.69, 9.17) is 4.74 Å². The van der Waals surface area contributed by atoms with Crippen molar-refractivity contribution in [3.8, 4) is 11.6 Å². The monoisotopic (exact) mass is 386 g/mol. The van der Waals surface area contributed by atoms with Gasteiger partial charge < -0.3 is 4.74 Å². The SMILES string of the molecule is Cc1cc(Oc2ccccc2C(C)C)nc(SCc2ccc(F)c(F)c2)n1. The Morgan fingerprint density at radius 2 is 1.78 bits per heavy atom. The molecule has 0 atom stereocenters. The Bertz CT molecular complexity index is 947. The predicted octanol–water partition coefficient (Wildman–Crippen LogP) is 6.27. The molecule has 0 spiro atoms. The van der Waals surface area contributed by atoms with Crippen LogP contribution in [-0.2, 0) is 5.75 Å². The minimum atomic E-state index is -0.854. The van der Waals surface area contributed by atoms with E-state index in [9.17, 15) is 8.78 Å². The van der Waals surface area contributed by atoms with Crippen molar-refractivity contribution < 1.29 is 13.5 Å². The highest BCUT2D eigenvalue weighted by molar-refractivity contribution is 7.98. The third-order valence-corrected chi connectivity index (χ3v) is 4.84. The molecule has 0 aliphatic heterocycles. The summed E-state index contributed by atoms with van der Waals surface area (Å²) < 4.78 is 32.4. The fourth-order valence-corrected chi connectivity index (χ4v) is 3.41. The molecule has 0 amide bonds. The first-order chi connectivity index (χ1) is 12.9. The predicted molar refractivity (Wildman–Crippen MR) is 103 cm³/mol. The lowest BCUT2D eigenvalue weighted by atomic mass is 10.0. The molecular weight excluding hydrogens is 366 g/mol. The zero-order valence-electron chi connectivity index (χ0n) is 15.4. The summed E-state index contributed by atoms with van der Waals surface area (Å²) in [5, 5.41) is 0.525. The molecule has 3 aromatic rings. The molecule has 3 rings (SSSR count). The highest BCUT2D eigenvalue weighted by atomic mass is 32.2. The van der Waals surface area contributed by atoms with E-state index in [0.29, 0.717) is 28.3 Å². The maximum absolute atomic E-state index is 13.3. The van der Waals surface area contributed by atoms with Crippen LogP contribution in [0.3, 0.4) is 0 Å². The molecule has 0 radical (unpaired) electrons. The van der Waals surface area contributed by atoms with E-state index in [2.05, 4.69) is 23.8 Å². The third kappa shape index (κ3) is 5.04. The zero-order chi connectivity index (χ0) is 19.4. The number of ether oxygens (including phenoxy) is 1. The number of thioether (sulfide) groups is 1. The van der Waals surface area contributed by atoms with Gasteiger partial charge >= 0.3 is 0 Å². The van der Waals surface area contributed by atoms with E-state index < -0.39 is 11.6 Å². The molecule has 0 saturated heterocycles. The van der Waals surface area contributed by atoms with E-state index in [0.717, 1.165) is 23.1 Å². The van der Waals surface area contributed by atoms with Gasteiger partial charge in [0.1, 0.15) is 5.75 Å². The molecule has 1 heterocycles. The smallest absolute Gasteiger partial charge is 0.223 e. The van der Waals surface area contributed by atoms with E-state index in [1.807, 2.05) is 31.2 Å². The third-order valence-electron chi connectivity index (χ3n) is 3.92. The molecular formula is C21H20F2N2OS. The van der Waals surface area contributed by atoms with E-state index in [1.165, 1.54) is 17.8 Å². The standard InChI is InChI=1S/C21H20F2N2OS/c1-13(2)16-6-4-5-7-19(16)26-20-10-14(3)24-21(25-20)27-12-15-8-9-17(22)18(23)11-15/h4-11,13H,12H2,1-3H3. The van der Waals surface area contributed by atoms with Crippen molar-refractivity contribution in [2.75, 3.05) is 0 Å². The highest BCUT2D eigenvalue weighted by Gasteiger charge is 2.11.